The van der Waals surface area contributed by atoms with Crippen molar-refractivity contribution in [3.63, 3.8) is 0 Å². The van der Waals surface area contributed by atoms with Gasteiger partial charge in [-0.1, -0.05) is 46.3 Å². The van der Waals surface area contributed by atoms with Gasteiger partial charge in [0.15, 0.2) is 0 Å². The molecule has 0 saturated carbocycles. The summed E-state index contributed by atoms with van der Waals surface area (Å²) < 4.78 is 1.08. The molecule has 5 heteroatoms. The summed E-state index contributed by atoms with van der Waals surface area (Å²) >= 11 is 7.18. The smallest absolute Gasteiger partial charge is 0.0551 e. The largest absolute Gasteiger partial charge is 0.264 e. The van der Waals surface area contributed by atoms with E-state index in [0.717, 1.165) is 10.6 Å². The van der Waals surface area contributed by atoms with E-state index >= 15 is 0 Å². The van der Waals surface area contributed by atoms with Crippen LogP contribution in [0.2, 0.25) is 0 Å². The van der Waals surface area contributed by atoms with E-state index in [1.54, 1.807) is 11.8 Å². The molecule has 0 saturated heterocycles. The maximum absolute atomic E-state index is 5.49. The van der Waals surface area contributed by atoms with E-state index in [1.165, 1.54) is 24.2 Å². The molecular formula is C13H19NS4. The maximum atomic E-state index is 5.49. The van der Waals surface area contributed by atoms with E-state index in [9.17, 15) is 0 Å². The summed E-state index contributed by atoms with van der Waals surface area (Å²) in [6.45, 7) is 0. The average molecular weight is 318 g/mol. The lowest BCUT2D eigenvalue weighted by Gasteiger charge is -2.16. The van der Waals surface area contributed by atoms with Gasteiger partial charge in [0.2, 0.25) is 0 Å². The van der Waals surface area contributed by atoms with Crippen LogP contribution in [0.15, 0.2) is 24.5 Å². The van der Waals surface area contributed by atoms with Crippen LogP contribution < -0.4 is 0 Å². The van der Waals surface area contributed by atoms with Crippen LogP contribution in [0.5, 0.6) is 0 Å². The first-order chi connectivity index (χ1) is 8.79. The Morgan fingerprint density at radius 1 is 1.39 bits per heavy atom. The molecule has 0 aliphatic heterocycles. The molecule has 1 aromatic heterocycles. The molecule has 0 N–H and O–H groups in total. The summed E-state index contributed by atoms with van der Waals surface area (Å²) in [4.78, 5) is 4.20. The minimum absolute atomic E-state index is 0.378. The second-order valence-electron chi connectivity index (χ2n) is 3.85. The molecule has 100 valence electrons. The molecule has 1 heterocycles. The normalized spacial score (nSPS) is 12.3. The molecule has 1 rings (SSSR count). The van der Waals surface area contributed by atoms with Crippen molar-refractivity contribution < 1.29 is 0 Å². The Kier molecular flexibility index (Phi) is 9.19. The fourth-order valence-corrected chi connectivity index (χ4v) is 3.87. The molecule has 1 aromatic rings. The van der Waals surface area contributed by atoms with Gasteiger partial charge in [-0.15, -0.1) is 11.8 Å². The third kappa shape index (κ3) is 5.95. The first kappa shape index (κ1) is 16.3. The summed E-state index contributed by atoms with van der Waals surface area (Å²) in [7, 11) is 3.78. The van der Waals surface area contributed by atoms with Gasteiger partial charge in [0, 0.05) is 24.1 Å². The first-order valence-corrected chi connectivity index (χ1v) is 10.3. The summed E-state index contributed by atoms with van der Waals surface area (Å²) in [5, 5.41) is 0. The van der Waals surface area contributed by atoms with Gasteiger partial charge in [0.25, 0.3) is 0 Å². The van der Waals surface area contributed by atoms with Gasteiger partial charge in [-0.3, -0.25) is 4.98 Å². The second kappa shape index (κ2) is 10.1. The topological polar surface area (TPSA) is 12.9 Å². The van der Waals surface area contributed by atoms with Crippen molar-refractivity contribution in [3.8, 4) is 0 Å². The van der Waals surface area contributed by atoms with E-state index in [1.807, 2.05) is 40.0 Å². The molecule has 1 unspecified atom stereocenters. The Bertz CT molecular complexity index is 342. The zero-order valence-corrected chi connectivity index (χ0v) is 14.1. The van der Waals surface area contributed by atoms with Crippen LogP contribution >= 0.6 is 45.6 Å². The monoisotopic (exact) mass is 317 g/mol. The van der Waals surface area contributed by atoms with Crippen LogP contribution in [0.1, 0.15) is 30.7 Å². The van der Waals surface area contributed by atoms with Crippen molar-refractivity contribution in [2.75, 3.05) is 18.3 Å². The van der Waals surface area contributed by atoms with Crippen molar-refractivity contribution in [1.82, 2.24) is 4.98 Å². The van der Waals surface area contributed by atoms with Crippen molar-refractivity contribution in [2.45, 2.75) is 25.2 Å². The quantitative estimate of drug-likeness (QED) is 0.377. The number of thiocarbonyl (C=S) groups is 1. The molecule has 0 fully saturated rings. The van der Waals surface area contributed by atoms with Gasteiger partial charge < -0.3 is 0 Å². The molecule has 18 heavy (non-hydrogen) atoms. The second-order valence-corrected chi connectivity index (χ2v) is 8.08. The Balaban J connectivity index is 2.50. The van der Waals surface area contributed by atoms with Crippen LogP contribution in [-0.2, 0) is 0 Å². The van der Waals surface area contributed by atoms with Crippen molar-refractivity contribution >= 4 is 49.8 Å². The van der Waals surface area contributed by atoms with E-state index in [2.05, 4.69) is 23.6 Å². The summed E-state index contributed by atoms with van der Waals surface area (Å²) in [5.74, 6) is 1.61. The highest BCUT2D eigenvalue weighted by atomic mass is 33.1. The van der Waals surface area contributed by atoms with E-state index in [-0.39, 0.29) is 0 Å². The van der Waals surface area contributed by atoms with Crippen molar-refractivity contribution in [1.29, 1.82) is 0 Å². The van der Waals surface area contributed by atoms with E-state index in [0.29, 0.717) is 5.92 Å². The molecule has 0 bridgehead atoms. The number of nitrogens with zero attached hydrogens (tertiary/aromatic N) is 1. The molecule has 0 aromatic carbocycles. The third-order valence-electron chi connectivity index (χ3n) is 2.66. The van der Waals surface area contributed by atoms with Gasteiger partial charge in [0.05, 0.1) is 4.20 Å². The first-order valence-electron chi connectivity index (χ1n) is 5.93. The van der Waals surface area contributed by atoms with Crippen LogP contribution in [0.4, 0.5) is 0 Å². The molecule has 0 aliphatic carbocycles. The van der Waals surface area contributed by atoms with Gasteiger partial charge in [-0.25, -0.2) is 0 Å². The zero-order chi connectivity index (χ0) is 13.2. The molecule has 1 nitrogen and oxygen atoms in total. The lowest BCUT2D eigenvalue weighted by atomic mass is 9.97. The molecule has 0 spiro atoms. The van der Waals surface area contributed by atoms with Crippen LogP contribution in [0, 0.1) is 0 Å². The number of unbranched alkanes of at least 4 members (excludes halogenated alkanes) is 1. The number of hydrogen-bond donors (Lipinski definition) is 0. The number of aromatic nitrogens is 1. The highest BCUT2D eigenvalue weighted by Crippen LogP contribution is 2.28. The maximum Gasteiger partial charge on any atom is 0.0551 e. The molecular weight excluding hydrogens is 298 g/mol. The molecule has 0 amide bonds. The number of thioether (sulfide) groups is 1. The summed E-state index contributed by atoms with van der Waals surface area (Å²) in [6, 6.07) is 4.13. The predicted octanol–water partition coefficient (Wildman–Crippen LogP) is 5.04. The lowest BCUT2D eigenvalue weighted by Crippen LogP contribution is -2.07. The van der Waals surface area contributed by atoms with Crippen LogP contribution in [-0.4, -0.2) is 27.4 Å². The SMILES string of the molecule is CSSCCCCC(C(=S)SC)c1cccnc1. The fourth-order valence-electron chi connectivity index (χ4n) is 1.74. The fraction of sp³-hybridized carbons (Fsp3) is 0.538. The Morgan fingerprint density at radius 3 is 2.83 bits per heavy atom. The van der Waals surface area contributed by atoms with Gasteiger partial charge in [0.1, 0.15) is 0 Å². The average Bonchev–Trinajstić information content (AvgIpc) is 2.43. The predicted molar refractivity (Wildman–Crippen MR) is 92.9 cm³/mol. The molecule has 0 radical (unpaired) electrons. The Labute approximate surface area is 128 Å². The Morgan fingerprint density at radius 2 is 2.22 bits per heavy atom. The molecule has 0 aliphatic rings. The van der Waals surface area contributed by atoms with E-state index < -0.39 is 0 Å². The Hall–Kier alpha value is 0.290. The van der Waals surface area contributed by atoms with E-state index in [4.69, 9.17) is 12.2 Å². The van der Waals surface area contributed by atoms with Gasteiger partial charge in [-0.2, -0.15) is 0 Å². The summed E-state index contributed by atoms with van der Waals surface area (Å²) in [6.07, 6.45) is 11.6. The standard InChI is InChI=1S/C13H19NS4/c1-16-13(15)12(7-3-4-9-18-17-2)11-6-5-8-14-10-11/h5-6,8,10,12H,3-4,7,9H2,1-2H3. The summed E-state index contributed by atoms with van der Waals surface area (Å²) in [5.41, 5.74) is 1.26. The lowest BCUT2D eigenvalue weighted by molar-refractivity contribution is 0.694. The van der Waals surface area contributed by atoms with Crippen LogP contribution in [0.3, 0.4) is 0 Å². The highest BCUT2D eigenvalue weighted by molar-refractivity contribution is 8.76. The molecule has 1 atom stereocenters. The number of rotatable bonds is 8. The third-order valence-corrected chi connectivity index (χ3v) is 6.03. The zero-order valence-electron chi connectivity index (χ0n) is 10.8. The van der Waals surface area contributed by atoms with Crippen LogP contribution in [0.25, 0.3) is 0 Å². The van der Waals surface area contributed by atoms with Gasteiger partial charge in [-0.05, 0) is 37.0 Å². The van der Waals surface area contributed by atoms with Gasteiger partial charge >= 0.3 is 0 Å². The number of pyridine rings is 1. The van der Waals surface area contributed by atoms with Crippen molar-refractivity contribution in [3.05, 3.63) is 30.1 Å². The highest BCUT2D eigenvalue weighted by Gasteiger charge is 2.15. The minimum atomic E-state index is 0.378. The number of hydrogen-bond acceptors (Lipinski definition) is 5. The van der Waals surface area contributed by atoms with Crippen molar-refractivity contribution in [2.24, 2.45) is 0 Å². The minimum Gasteiger partial charge on any atom is -0.264 e.